The van der Waals surface area contributed by atoms with Crippen molar-refractivity contribution in [3.8, 4) is 11.5 Å². The average Bonchev–Trinajstić information content (AvgIpc) is 2.64. The molecule has 4 nitrogen and oxygen atoms in total. The SMILES string of the molecule is CCN(Cc1ccc(OC)c(OC)c1)C(=O)c1ccccc1C(F)(F)F. The van der Waals surface area contributed by atoms with Crippen LogP contribution in [0.3, 0.4) is 0 Å². The van der Waals surface area contributed by atoms with E-state index in [0.29, 0.717) is 11.5 Å². The van der Waals surface area contributed by atoms with E-state index in [1.807, 2.05) is 0 Å². The molecule has 0 heterocycles. The fraction of sp³-hybridized carbons (Fsp3) is 0.316. The summed E-state index contributed by atoms with van der Waals surface area (Å²) in [6, 6.07) is 9.93. The molecule has 0 aliphatic rings. The second-order valence-electron chi connectivity index (χ2n) is 5.55. The van der Waals surface area contributed by atoms with E-state index in [0.717, 1.165) is 11.6 Å². The fourth-order valence-corrected chi connectivity index (χ4v) is 2.61. The summed E-state index contributed by atoms with van der Waals surface area (Å²) < 4.78 is 49.9. The zero-order valence-corrected chi connectivity index (χ0v) is 14.8. The number of carbonyl (C=O) groups excluding carboxylic acids is 1. The van der Waals surface area contributed by atoms with E-state index in [2.05, 4.69) is 0 Å². The Hall–Kier alpha value is -2.70. The van der Waals surface area contributed by atoms with Crippen molar-refractivity contribution in [1.82, 2.24) is 4.90 Å². The van der Waals surface area contributed by atoms with Crippen molar-refractivity contribution < 1.29 is 27.4 Å². The molecule has 0 saturated carbocycles. The lowest BCUT2D eigenvalue weighted by molar-refractivity contribution is -0.138. The van der Waals surface area contributed by atoms with Crippen molar-refractivity contribution in [2.24, 2.45) is 0 Å². The lowest BCUT2D eigenvalue weighted by Gasteiger charge is -2.23. The second kappa shape index (κ2) is 8.12. The molecule has 0 aliphatic heterocycles. The molecular formula is C19H20F3NO3. The first kappa shape index (κ1) is 19.6. The fourth-order valence-electron chi connectivity index (χ4n) is 2.61. The van der Waals surface area contributed by atoms with Gasteiger partial charge in [0.1, 0.15) is 0 Å². The van der Waals surface area contributed by atoms with Crippen molar-refractivity contribution in [3.63, 3.8) is 0 Å². The van der Waals surface area contributed by atoms with Gasteiger partial charge in [-0.15, -0.1) is 0 Å². The Bertz CT molecular complexity index is 775. The van der Waals surface area contributed by atoms with Gasteiger partial charge < -0.3 is 14.4 Å². The molecule has 7 heteroatoms. The topological polar surface area (TPSA) is 38.8 Å². The molecule has 2 rings (SSSR count). The van der Waals surface area contributed by atoms with Gasteiger partial charge in [0.25, 0.3) is 5.91 Å². The van der Waals surface area contributed by atoms with Gasteiger partial charge in [0.05, 0.1) is 25.3 Å². The number of methoxy groups -OCH3 is 2. The highest BCUT2D eigenvalue weighted by Crippen LogP contribution is 2.33. The summed E-state index contributed by atoms with van der Waals surface area (Å²) in [5.74, 6) is 0.354. The molecule has 2 aromatic carbocycles. The van der Waals surface area contributed by atoms with Crippen LogP contribution < -0.4 is 9.47 Å². The third kappa shape index (κ3) is 4.28. The van der Waals surface area contributed by atoms with Crippen LogP contribution in [0.5, 0.6) is 11.5 Å². The van der Waals surface area contributed by atoms with E-state index in [1.165, 1.54) is 37.3 Å². The summed E-state index contributed by atoms with van der Waals surface area (Å²) in [6.45, 7) is 2.14. The number of carbonyl (C=O) groups is 1. The average molecular weight is 367 g/mol. The predicted octanol–water partition coefficient (Wildman–Crippen LogP) is 4.38. The molecule has 0 aromatic heterocycles. The van der Waals surface area contributed by atoms with E-state index in [9.17, 15) is 18.0 Å². The normalized spacial score (nSPS) is 11.2. The number of halogens is 3. The van der Waals surface area contributed by atoms with Crippen LogP contribution in [0.2, 0.25) is 0 Å². The molecule has 0 aliphatic carbocycles. The summed E-state index contributed by atoms with van der Waals surface area (Å²) in [6.07, 6.45) is -4.59. The molecule has 140 valence electrons. The summed E-state index contributed by atoms with van der Waals surface area (Å²) in [4.78, 5) is 14.0. The minimum absolute atomic E-state index is 0.155. The molecule has 0 spiro atoms. The van der Waals surface area contributed by atoms with E-state index in [1.54, 1.807) is 25.1 Å². The quantitative estimate of drug-likeness (QED) is 0.760. The lowest BCUT2D eigenvalue weighted by atomic mass is 10.1. The summed E-state index contributed by atoms with van der Waals surface area (Å²) in [5, 5.41) is 0. The van der Waals surface area contributed by atoms with Crippen molar-refractivity contribution in [2.75, 3.05) is 20.8 Å². The molecule has 26 heavy (non-hydrogen) atoms. The number of rotatable bonds is 6. The number of hydrogen-bond donors (Lipinski definition) is 0. The minimum Gasteiger partial charge on any atom is -0.493 e. The first-order chi connectivity index (χ1) is 12.3. The Morgan fingerprint density at radius 1 is 1.04 bits per heavy atom. The zero-order chi connectivity index (χ0) is 19.3. The van der Waals surface area contributed by atoms with Gasteiger partial charge in [-0.05, 0) is 36.8 Å². The molecule has 0 unspecified atom stereocenters. The highest BCUT2D eigenvalue weighted by atomic mass is 19.4. The Labute approximate surface area is 150 Å². The number of amides is 1. The first-order valence-electron chi connectivity index (χ1n) is 7.98. The third-order valence-electron chi connectivity index (χ3n) is 3.95. The van der Waals surface area contributed by atoms with Gasteiger partial charge in [0.15, 0.2) is 11.5 Å². The number of nitrogens with zero attached hydrogens (tertiary/aromatic N) is 1. The van der Waals surface area contributed by atoms with Crippen molar-refractivity contribution >= 4 is 5.91 Å². The van der Waals surface area contributed by atoms with Crippen LogP contribution in [0.15, 0.2) is 42.5 Å². The Balaban J connectivity index is 2.31. The second-order valence-corrected chi connectivity index (χ2v) is 5.55. The lowest BCUT2D eigenvalue weighted by Crippen LogP contribution is -2.32. The smallest absolute Gasteiger partial charge is 0.417 e. The Morgan fingerprint density at radius 3 is 2.27 bits per heavy atom. The van der Waals surface area contributed by atoms with E-state index in [-0.39, 0.29) is 18.7 Å². The minimum atomic E-state index is -4.59. The highest BCUT2D eigenvalue weighted by Gasteiger charge is 2.35. The van der Waals surface area contributed by atoms with Crippen LogP contribution in [0.25, 0.3) is 0 Å². The standard InChI is InChI=1S/C19H20F3NO3/c1-4-23(12-13-9-10-16(25-2)17(11-13)26-3)18(24)14-7-5-6-8-15(14)19(20,21)22/h5-11H,4,12H2,1-3H3. The molecule has 0 N–H and O–H groups in total. The van der Waals surface area contributed by atoms with Crippen LogP contribution in [0.4, 0.5) is 13.2 Å². The van der Waals surface area contributed by atoms with Crippen molar-refractivity contribution in [3.05, 3.63) is 59.2 Å². The molecule has 0 radical (unpaired) electrons. The maximum atomic E-state index is 13.2. The van der Waals surface area contributed by atoms with E-state index < -0.39 is 17.6 Å². The maximum Gasteiger partial charge on any atom is 0.417 e. The van der Waals surface area contributed by atoms with Crippen molar-refractivity contribution in [2.45, 2.75) is 19.6 Å². The largest absolute Gasteiger partial charge is 0.493 e. The predicted molar refractivity (Wildman–Crippen MR) is 91.4 cm³/mol. The zero-order valence-electron chi connectivity index (χ0n) is 14.8. The van der Waals surface area contributed by atoms with E-state index in [4.69, 9.17) is 9.47 Å². The van der Waals surface area contributed by atoms with Crippen LogP contribution in [-0.4, -0.2) is 31.6 Å². The number of benzene rings is 2. The van der Waals surface area contributed by atoms with Crippen molar-refractivity contribution in [1.29, 1.82) is 0 Å². The first-order valence-corrected chi connectivity index (χ1v) is 7.98. The molecule has 0 saturated heterocycles. The van der Waals surface area contributed by atoms with Gasteiger partial charge in [-0.25, -0.2) is 0 Å². The maximum absolute atomic E-state index is 13.2. The molecule has 1 amide bonds. The van der Waals surface area contributed by atoms with Gasteiger partial charge in [0.2, 0.25) is 0 Å². The molecular weight excluding hydrogens is 347 g/mol. The molecule has 0 fully saturated rings. The summed E-state index contributed by atoms with van der Waals surface area (Å²) in [7, 11) is 3.00. The number of ether oxygens (including phenoxy) is 2. The van der Waals surface area contributed by atoms with Gasteiger partial charge in [-0.3, -0.25) is 4.79 Å². The number of hydrogen-bond acceptors (Lipinski definition) is 3. The van der Waals surface area contributed by atoms with Gasteiger partial charge in [-0.2, -0.15) is 13.2 Å². The van der Waals surface area contributed by atoms with Gasteiger partial charge in [-0.1, -0.05) is 18.2 Å². The van der Waals surface area contributed by atoms with Crippen LogP contribution in [0.1, 0.15) is 28.4 Å². The van der Waals surface area contributed by atoms with Crippen LogP contribution in [-0.2, 0) is 12.7 Å². The number of alkyl halides is 3. The van der Waals surface area contributed by atoms with Crippen LogP contribution in [0, 0.1) is 0 Å². The Kier molecular flexibility index (Phi) is 6.13. The Morgan fingerprint density at radius 2 is 1.69 bits per heavy atom. The third-order valence-corrected chi connectivity index (χ3v) is 3.95. The monoisotopic (exact) mass is 367 g/mol. The highest BCUT2D eigenvalue weighted by molar-refractivity contribution is 5.95. The molecule has 0 bridgehead atoms. The summed E-state index contributed by atoms with van der Waals surface area (Å²) in [5.41, 5.74) is -0.569. The van der Waals surface area contributed by atoms with Crippen LogP contribution >= 0.6 is 0 Å². The van der Waals surface area contributed by atoms with Gasteiger partial charge in [0, 0.05) is 13.1 Å². The van der Waals surface area contributed by atoms with E-state index >= 15 is 0 Å². The van der Waals surface area contributed by atoms with Gasteiger partial charge >= 0.3 is 6.18 Å². The molecule has 0 atom stereocenters. The summed E-state index contributed by atoms with van der Waals surface area (Å²) >= 11 is 0. The molecule has 2 aromatic rings.